The predicted molar refractivity (Wildman–Crippen MR) is 124 cm³/mol. The minimum Gasteiger partial charge on any atom is -0.463 e. The molecule has 2 aromatic carbocycles. The van der Waals surface area contributed by atoms with Gasteiger partial charge >= 0.3 is 5.97 Å². The van der Waals surface area contributed by atoms with Crippen molar-refractivity contribution in [3.8, 4) is 11.5 Å². The lowest BCUT2D eigenvalue weighted by Crippen LogP contribution is -2.30. The predicted octanol–water partition coefficient (Wildman–Crippen LogP) is 4.64. The molecular formula is C25H21N3O5. The van der Waals surface area contributed by atoms with E-state index in [0.717, 1.165) is 0 Å². The molecule has 0 unspecified atom stereocenters. The zero-order valence-electron chi connectivity index (χ0n) is 18.0. The highest BCUT2D eigenvalue weighted by molar-refractivity contribution is 6.06. The summed E-state index contributed by atoms with van der Waals surface area (Å²) in [7, 11) is 0. The standard InChI is InChI=1S/C25H21N3O5/c1-15(24(30)27-18-11-9-17(10-12-18)26-16(2)29)33-25(31)20-14-22(23-8-5-13-32-23)28-21-7-4-3-6-19(20)21/h3-15H,1-2H3,(H,26,29)(H,27,30)/t15-/m0/s1. The summed E-state index contributed by atoms with van der Waals surface area (Å²) < 4.78 is 10.9. The second-order valence-electron chi connectivity index (χ2n) is 7.34. The first-order chi connectivity index (χ1) is 15.9. The second kappa shape index (κ2) is 9.35. The molecule has 0 aliphatic carbocycles. The molecule has 33 heavy (non-hydrogen) atoms. The van der Waals surface area contributed by atoms with Crippen molar-refractivity contribution in [2.24, 2.45) is 0 Å². The molecule has 0 fully saturated rings. The number of aromatic nitrogens is 1. The van der Waals surface area contributed by atoms with Gasteiger partial charge in [0.1, 0.15) is 5.69 Å². The summed E-state index contributed by atoms with van der Waals surface area (Å²) in [5.74, 6) is -0.806. The lowest BCUT2D eigenvalue weighted by molar-refractivity contribution is -0.123. The van der Waals surface area contributed by atoms with Crippen LogP contribution >= 0.6 is 0 Å². The molecule has 1 atom stereocenters. The van der Waals surface area contributed by atoms with Gasteiger partial charge in [0.15, 0.2) is 11.9 Å². The summed E-state index contributed by atoms with van der Waals surface area (Å²) in [5.41, 5.74) is 2.49. The smallest absolute Gasteiger partial charge is 0.339 e. The molecule has 8 nitrogen and oxygen atoms in total. The fourth-order valence-corrected chi connectivity index (χ4v) is 3.26. The van der Waals surface area contributed by atoms with Gasteiger partial charge in [0.2, 0.25) is 5.91 Å². The van der Waals surface area contributed by atoms with Gasteiger partial charge < -0.3 is 19.8 Å². The van der Waals surface area contributed by atoms with Crippen LogP contribution in [0.15, 0.2) is 77.4 Å². The van der Waals surface area contributed by atoms with Gasteiger partial charge in [-0.05, 0) is 55.5 Å². The van der Waals surface area contributed by atoms with E-state index >= 15 is 0 Å². The van der Waals surface area contributed by atoms with Crippen LogP contribution in [0, 0.1) is 0 Å². The van der Waals surface area contributed by atoms with E-state index in [1.54, 1.807) is 60.7 Å². The van der Waals surface area contributed by atoms with Crippen LogP contribution in [0.5, 0.6) is 0 Å². The third-order valence-corrected chi connectivity index (χ3v) is 4.84. The normalized spacial score (nSPS) is 11.6. The molecule has 2 amide bonds. The molecule has 0 aliphatic rings. The molecule has 0 saturated heterocycles. The number of furan rings is 1. The van der Waals surface area contributed by atoms with Crippen molar-refractivity contribution < 1.29 is 23.5 Å². The Hall–Kier alpha value is -4.46. The van der Waals surface area contributed by atoms with Gasteiger partial charge in [-0.1, -0.05) is 18.2 Å². The van der Waals surface area contributed by atoms with Crippen molar-refractivity contribution in [2.45, 2.75) is 20.0 Å². The van der Waals surface area contributed by atoms with Gasteiger partial charge in [-0.25, -0.2) is 9.78 Å². The topological polar surface area (TPSA) is 111 Å². The Balaban J connectivity index is 1.50. The Labute approximate surface area is 189 Å². The lowest BCUT2D eigenvalue weighted by atomic mass is 10.1. The number of anilines is 2. The maximum atomic E-state index is 13.0. The van der Waals surface area contributed by atoms with Crippen LogP contribution in [0.1, 0.15) is 24.2 Å². The highest BCUT2D eigenvalue weighted by atomic mass is 16.5. The Morgan fingerprint density at radius 3 is 2.30 bits per heavy atom. The number of hydrogen-bond donors (Lipinski definition) is 2. The van der Waals surface area contributed by atoms with Crippen molar-refractivity contribution in [1.29, 1.82) is 0 Å². The van der Waals surface area contributed by atoms with Gasteiger partial charge in [-0.2, -0.15) is 0 Å². The highest BCUT2D eigenvalue weighted by Gasteiger charge is 2.22. The van der Waals surface area contributed by atoms with Crippen LogP contribution in [0.25, 0.3) is 22.4 Å². The number of fused-ring (bicyclic) bond motifs is 1. The summed E-state index contributed by atoms with van der Waals surface area (Å²) in [5, 5.41) is 5.95. The Morgan fingerprint density at radius 1 is 0.939 bits per heavy atom. The molecule has 0 spiro atoms. The van der Waals surface area contributed by atoms with Crippen molar-refractivity contribution >= 4 is 40.1 Å². The first-order valence-corrected chi connectivity index (χ1v) is 10.2. The number of benzene rings is 2. The fourth-order valence-electron chi connectivity index (χ4n) is 3.26. The molecule has 0 aliphatic heterocycles. The minimum atomic E-state index is -1.05. The molecule has 0 saturated carbocycles. The molecule has 8 heteroatoms. The summed E-state index contributed by atoms with van der Waals surface area (Å²) in [4.78, 5) is 41.2. The quantitative estimate of drug-likeness (QED) is 0.420. The number of pyridine rings is 1. The maximum absolute atomic E-state index is 13.0. The molecule has 2 heterocycles. The van der Waals surface area contributed by atoms with E-state index in [4.69, 9.17) is 9.15 Å². The molecular weight excluding hydrogens is 422 g/mol. The zero-order chi connectivity index (χ0) is 23.4. The van der Waals surface area contributed by atoms with E-state index in [1.165, 1.54) is 20.1 Å². The first-order valence-electron chi connectivity index (χ1n) is 10.2. The number of nitrogens with zero attached hydrogens (tertiary/aromatic N) is 1. The monoisotopic (exact) mass is 443 g/mol. The minimum absolute atomic E-state index is 0.189. The molecule has 4 rings (SSSR count). The Bertz CT molecular complexity index is 1310. The Morgan fingerprint density at radius 2 is 1.64 bits per heavy atom. The third-order valence-electron chi connectivity index (χ3n) is 4.84. The first kappa shape index (κ1) is 21.8. The number of para-hydroxylation sites is 1. The van der Waals surface area contributed by atoms with Crippen molar-refractivity contribution in [2.75, 3.05) is 10.6 Å². The largest absolute Gasteiger partial charge is 0.463 e. The fraction of sp³-hybridized carbons (Fsp3) is 0.120. The maximum Gasteiger partial charge on any atom is 0.339 e. The van der Waals surface area contributed by atoms with Crippen molar-refractivity contribution in [3.63, 3.8) is 0 Å². The van der Waals surface area contributed by atoms with E-state index in [2.05, 4.69) is 15.6 Å². The van der Waals surface area contributed by atoms with E-state index in [-0.39, 0.29) is 11.5 Å². The number of amides is 2. The van der Waals surface area contributed by atoms with Crippen LogP contribution < -0.4 is 10.6 Å². The molecule has 4 aromatic rings. The van der Waals surface area contributed by atoms with Crippen LogP contribution in [0.4, 0.5) is 11.4 Å². The molecule has 166 valence electrons. The molecule has 2 N–H and O–H groups in total. The number of esters is 1. The molecule has 0 bridgehead atoms. The van der Waals surface area contributed by atoms with Crippen molar-refractivity contribution in [1.82, 2.24) is 4.98 Å². The molecule has 2 aromatic heterocycles. The SMILES string of the molecule is CC(=O)Nc1ccc(NC(=O)[C@H](C)OC(=O)c2cc(-c3ccco3)nc3ccccc23)cc1. The number of ether oxygens (including phenoxy) is 1. The summed E-state index contributed by atoms with van der Waals surface area (Å²) in [6, 6.07) is 18.9. The average molecular weight is 443 g/mol. The second-order valence-corrected chi connectivity index (χ2v) is 7.34. The number of carbonyl (C=O) groups is 3. The highest BCUT2D eigenvalue weighted by Crippen LogP contribution is 2.26. The van der Waals surface area contributed by atoms with E-state index in [1.807, 2.05) is 6.07 Å². The number of rotatable bonds is 6. The summed E-state index contributed by atoms with van der Waals surface area (Å²) in [6.07, 6.45) is 0.478. The van der Waals surface area contributed by atoms with Crippen LogP contribution in [0.2, 0.25) is 0 Å². The van der Waals surface area contributed by atoms with Gasteiger partial charge in [0.05, 0.1) is 17.3 Å². The van der Waals surface area contributed by atoms with E-state index in [0.29, 0.717) is 33.7 Å². The van der Waals surface area contributed by atoms with Crippen molar-refractivity contribution in [3.05, 3.63) is 78.6 Å². The van der Waals surface area contributed by atoms with Crippen LogP contribution in [-0.4, -0.2) is 28.9 Å². The third kappa shape index (κ3) is 5.07. The van der Waals surface area contributed by atoms with Gasteiger partial charge in [0.25, 0.3) is 5.91 Å². The average Bonchev–Trinajstić information content (AvgIpc) is 3.34. The van der Waals surface area contributed by atoms with E-state index < -0.39 is 18.0 Å². The summed E-state index contributed by atoms with van der Waals surface area (Å²) in [6.45, 7) is 2.91. The van der Waals surface area contributed by atoms with Gasteiger partial charge in [-0.15, -0.1) is 0 Å². The van der Waals surface area contributed by atoms with E-state index in [9.17, 15) is 14.4 Å². The van der Waals surface area contributed by atoms with Crippen LogP contribution in [-0.2, 0) is 14.3 Å². The number of hydrogen-bond acceptors (Lipinski definition) is 6. The number of carbonyl (C=O) groups excluding carboxylic acids is 3. The lowest BCUT2D eigenvalue weighted by Gasteiger charge is -2.15. The number of nitrogens with one attached hydrogen (secondary N) is 2. The summed E-state index contributed by atoms with van der Waals surface area (Å²) >= 11 is 0. The van der Waals surface area contributed by atoms with Gasteiger partial charge in [-0.3, -0.25) is 9.59 Å². The Kier molecular flexibility index (Phi) is 6.17. The van der Waals surface area contributed by atoms with Crippen LogP contribution in [0.3, 0.4) is 0 Å². The molecule has 0 radical (unpaired) electrons. The van der Waals surface area contributed by atoms with Gasteiger partial charge in [0, 0.05) is 23.7 Å². The zero-order valence-corrected chi connectivity index (χ0v) is 18.0.